The van der Waals surface area contributed by atoms with Crippen LogP contribution in [0.1, 0.15) is 24.0 Å². The first-order valence-electron chi connectivity index (χ1n) is 7.35. The minimum atomic E-state index is -0.364. The van der Waals surface area contributed by atoms with Crippen molar-refractivity contribution in [2.75, 3.05) is 6.54 Å². The molecular formula is C18H17F2NO. The van der Waals surface area contributed by atoms with Crippen molar-refractivity contribution in [2.24, 2.45) is 0 Å². The number of hydrogen-bond donors (Lipinski definition) is 1. The average molecular weight is 301 g/mol. The minimum absolute atomic E-state index is 0.0339. The van der Waals surface area contributed by atoms with Gasteiger partial charge in [-0.3, -0.25) is 4.79 Å². The highest BCUT2D eigenvalue weighted by atomic mass is 19.1. The van der Waals surface area contributed by atoms with Crippen LogP contribution in [0.3, 0.4) is 0 Å². The molecule has 1 aliphatic rings. The molecule has 114 valence electrons. The number of hydrogen-bond acceptors (Lipinski definition) is 1. The van der Waals surface area contributed by atoms with Crippen LogP contribution in [0.4, 0.5) is 8.78 Å². The molecule has 3 rings (SSSR count). The molecule has 1 N–H and O–H groups in total. The van der Waals surface area contributed by atoms with Crippen LogP contribution >= 0.6 is 0 Å². The average Bonchev–Trinajstić information content (AvgIpc) is 3.29. The first-order valence-corrected chi connectivity index (χ1v) is 7.35. The van der Waals surface area contributed by atoms with E-state index in [-0.39, 0.29) is 29.4 Å². The zero-order chi connectivity index (χ0) is 15.6. The smallest absolute Gasteiger partial charge is 0.224 e. The summed E-state index contributed by atoms with van der Waals surface area (Å²) in [6.07, 6.45) is 1.98. The van der Waals surface area contributed by atoms with Crippen molar-refractivity contribution in [3.05, 3.63) is 71.3 Å². The summed E-state index contributed by atoms with van der Waals surface area (Å²) >= 11 is 0. The van der Waals surface area contributed by atoms with Crippen molar-refractivity contribution in [3.8, 4) is 0 Å². The van der Waals surface area contributed by atoms with Gasteiger partial charge in [0.2, 0.25) is 5.91 Å². The number of benzene rings is 2. The summed E-state index contributed by atoms with van der Waals surface area (Å²) in [5, 5.41) is 2.87. The van der Waals surface area contributed by atoms with Gasteiger partial charge < -0.3 is 5.32 Å². The third-order valence-corrected chi connectivity index (χ3v) is 4.24. The van der Waals surface area contributed by atoms with Gasteiger partial charge in [-0.2, -0.15) is 0 Å². The molecule has 1 fully saturated rings. The molecule has 1 saturated carbocycles. The van der Waals surface area contributed by atoms with Gasteiger partial charge in [0.15, 0.2) is 0 Å². The van der Waals surface area contributed by atoms with Gasteiger partial charge in [-0.1, -0.05) is 30.3 Å². The van der Waals surface area contributed by atoms with Crippen LogP contribution in [0.5, 0.6) is 0 Å². The second-order valence-corrected chi connectivity index (χ2v) is 5.83. The highest BCUT2D eigenvalue weighted by molar-refractivity contribution is 5.78. The zero-order valence-corrected chi connectivity index (χ0v) is 12.1. The van der Waals surface area contributed by atoms with E-state index >= 15 is 0 Å². The summed E-state index contributed by atoms with van der Waals surface area (Å²) < 4.78 is 26.5. The Labute approximate surface area is 128 Å². The van der Waals surface area contributed by atoms with E-state index in [1.807, 2.05) is 0 Å². The summed E-state index contributed by atoms with van der Waals surface area (Å²) in [5.74, 6) is -0.820. The Kier molecular flexibility index (Phi) is 3.92. The Hall–Kier alpha value is -2.23. The maximum atomic E-state index is 13.5. The summed E-state index contributed by atoms with van der Waals surface area (Å²) in [7, 11) is 0. The number of nitrogens with one attached hydrogen (secondary N) is 1. The first kappa shape index (κ1) is 14.7. The second-order valence-electron chi connectivity index (χ2n) is 5.83. The Morgan fingerprint density at radius 2 is 1.73 bits per heavy atom. The van der Waals surface area contributed by atoms with Crippen LogP contribution in [0, 0.1) is 11.6 Å². The lowest BCUT2D eigenvalue weighted by atomic mass is 9.96. The fourth-order valence-corrected chi connectivity index (χ4v) is 2.67. The van der Waals surface area contributed by atoms with E-state index in [9.17, 15) is 13.6 Å². The van der Waals surface area contributed by atoms with Crippen LogP contribution in [-0.4, -0.2) is 12.5 Å². The van der Waals surface area contributed by atoms with Gasteiger partial charge >= 0.3 is 0 Å². The number of amides is 1. The van der Waals surface area contributed by atoms with Crippen molar-refractivity contribution in [1.29, 1.82) is 0 Å². The lowest BCUT2D eigenvalue weighted by molar-refractivity contribution is -0.120. The third-order valence-electron chi connectivity index (χ3n) is 4.24. The molecular weight excluding hydrogens is 284 g/mol. The standard InChI is InChI=1S/C18H17F2NO/c19-15-7-5-14(6-8-15)18(9-10-18)12-21-17(22)11-13-3-1-2-4-16(13)20/h1-8H,9-12H2,(H,21,22). The lowest BCUT2D eigenvalue weighted by Crippen LogP contribution is -2.33. The maximum absolute atomic E-state index is 13.5. The molecule has 2 aromatic carbocycles. The minimum Gasteiger partial charge on any atom is -0.355 e. The molecule has 0 radical (unpaired) electrons. The molecule has 0 aliphatic heterocycles. The van der Waals surface area contributed by atoms with Crippen LogP contribution in [0.15, 0.2) is 48.5 Å². The van der Waals surface area contributed by atoms with Gasteiger partial charge in [-0.15, -0.1) is 0 Å². The molecule has 2 nitrogen and oxygen atoms in total. The van der Waals surface area contributed by atoms with Gasteiger partial charge in [0.05, 0.1) is 6.42 Å². The molecule has 1 aliphatic carbocycles. The Morgan fingerprint density at radius 3 is 2.36 bits per heavy atom. The topological polar surface area (TPSA) is 29.1 Å². The molecule has 0 bridgehead atoms. The zero-order valence-electron chi connectivity index (χ0n) is 12.1. The Morgan fingerprint density at radius 1 is 1.05 bits per heavy atom. The van der Waals surface area contributed by atoms with Gasteiger partial charge in [0.1, 0.15) is 11.6 Å². The molecule has 2 aromatic rings. The van der Waals surface area contributed by atoms with E-state index in [4.69, 9.17) is 0 Å². The van der Waals surface area contributed by atoms with Gasteiger partial charge in [0.25, 0.3) is 0 Å². The van der Waals surface area contributed by atoms with Crippen LogP contribution < -0.4 is 5.32 Å². The number of rotatable bonds is 5. The number of halogens is 2. The highest BCUT2D eigenvalue weighted by Crippen LogP contribution is 2.47. The first-order chi connectivity index (χ1) is 10.6. The van der Waals surface area contributed by atoms with Crippen molar-refractivity contribution in [2.45, 2.75) is 24.7 Å². The highest BCUT2D eigenvalue weighted by Gasteiger charge is 2.44. The molecule has 0 atom stereocenters. The molecule has 0 aromatic heterocycles. The van der Waals surface area contributed by atoms with Gasteiger partial charge in [-0.05, 0) is 42.2 Å². The monoisotopic (exact) mass is 301 g/mol. The summed E-state index contributed by atoms with van der Waals surface area (Å²) in [5.41, 5.74) is 1.35. The molecule has 0 unspecified atom stereocenters. The maximum Gasteiger partial charge on any atom is 0.224 e. The Bertz CT molecular complexity index is 678. The second kappa shape index (κ2) is 5.87. The summed E-state index contributed by atoms with van der Waals surface area (Å²) in [6.45, 7) is 0.506. The Balaban J connectivity index is 1.59. The predicted octanol–water partition coefficient (Wildman–Crippen LogP) is 3.36. The summed E-state index contributed by atoms with van der Waals surface area (Å²) in [6, 6.07) is 12.7. The van der Waals surface area contributed by atoms with E-state index in [0.29, 0.717) is 12.1 Å². The normalized spacial score (nSPS) is 15.4. The summed E-state index contributed by atoms with van der Waals surface area (Å²) in [4.78, 5) is 12.0. The van der Waals surface area contributed by atoms with E-state index < -0.39 is 0 Å². The molecule has 22 heavy (non-hydrogen) atoms. The molecule has 4 heteroatoms. The molecule has 1 amide bonds. The van der Waals surface area contributed by atoms with Crippen molar-refractivity contribution in [1.82, 2.24) is 5.32 Å². The van der Waals surface area contributed by atoms with Crippen LogP contribution in [0.2, 0.25) is 0 Å². The fraction of sp³-hybridized carbons (Fsp3) is 0.278. The molecule has 0 spiro atoms. The van der Waals surface area contributed by atoms with Crippen molar-refractivity contribution < 1.29 is 13.6 Å². The van der Waals surface area contributed by atoms with E-state index in [1.165, 1.54) is 18.2 Å². The quantitative estimate of drug-likeness (QED) is 0.901. The van der Waals surface area contributed by atoms with Crippen molar-refractivity contribution >= 4 is 5.91 Å². The lowest BCUT2D eigenvalue weighted by Gasteiger charge is -2.16. The largest absolute Gasteiger partial charge is 0.355 e. The van der Waals surface area contributed by atoms with E-state index in [1.54, 1.807) is 30.3 Å². The number of carbonyl (C=O) groups excluding carboxylic acids is 1. The van der Waals surface area contributed by atoms with Crippen LogP contribution in [0.25, 0.3) is 0 Å². The van der Waals surface area contributed by atoms with Gasteiger partial charge in [-0.25, -0.2) is 8.78 Å². The van der Waals surface area contributed by atoms with Crippen LogP contribution in [-0.2, 0) is 16.6 Å². The van der Waals surface area contributed by atoms with E-state index in [2.05, 4.69) is 5.32 Å². The predicted molar refractivity (Wildman–Crippen MR) is 80.4 cm³/mol. The van der Waals surface area contributed by atoms with Gasteiger partial charge in [0, 0.05) is 12.0 Å². The molecule has 0 saturated heterocycles. The third kappa shape index (κ3) is 3.16. The van der Waals surface area contributed by atoms with E-state index in [0.717, 1.165) is 18.4 Å². The van der Waals surface area contributed by atoms with Crippen molar-refractivity contribution in [3.63, 3.8) is 0 Å². The number of carbonyl (C=O) groups is 1. The molecule has 0 heterocycles. The SMILES string of the molecule is O=C(Cc1ccccc1F)NCC1(c2ccc(F)cc2)CC1. The fourth-order valence-electron chi connectivity index (χ4n) is 2.67.